The van der Waals surface area contributed by atoms with Gasteiger partial charge in [-0.25, -0.2) is 4.79 Å². The molecule has 4 rings (SSSR count). The summed E-state index contributed by atoms with van der Waals surface area (Å²) in [5.74, 6) is 1.05. The zero-order chi connectivity index (χ0) is 17.2. The van der Waals surface area contributed by atoms with Crippen molar-refractivity contribution < 1.29 is 9.15 Å². The number of hydrogen-bond acceptors (Lipinski definition) is 5. The molecule has 0 bridgehead atoms. The molecule has 7 heteroatoms. The highest BCUT2D eigenvalue weighted by Gasteiger charge is 2.11. The van der Waals surface area contributed by atoms with E-state index in [4.69, 9.17) is 21.4 Å². The maximum Gasteiger partial charge on any atom is 0.339 e. The Morgan fingerprint density at radius 1 is 1.12 bits per heavy atom. The number of ether oxygens (including phenoxy) is 1. The molecule has 4 aromatic rings. The summed E-state index contributed by atoms with van der Waals surface area (Å²) in [7, 11) is 0. The fraction of sp³-hybridized carbons (Fsp3) is 0.0556. The molecule has 1 N–H and O–H groups in total. The number of hydrogen-bond donors (Lipinski definition) is 1. The van der Waals surface area contributed by atoms with Crippen LogP contribution in [0.5, 0.6) is 5.75 Å². The van der Waals surface area contributed by atoms with Crippen LogP contribution in [-0.2, 0) is 6.61 Å². The van der Waals surface area contributed by atoms with Gasteiger partial charge in [0.2, 0.25) is 0 Å². The zero-order valence-electron chi connectivity index (χ0n) is 13.0. The van der Waals surface area contributed by atoms with Gasteiger partial charge in [-0.05, 0) is 36.5 Å². The minimum absolute atomic E-state index is 0.148. The van der Waals surface area contributed by atoms with Gasteiger partial charge in [0.1, 0.15) is 17.9 Å². The average Bonchev–Trinajstić information content (AvgIpc) is 3.01. The van der Waals surface area contributed by atoms with Gasteiger partial charge in [-0.1, -0.05) is 30.3 Å². The second kappa shape index (κ2) is 6.37. The Balaban J connectivity index is 1.70. The molecule has 2 aromatic carbocycles. The van der Waals surface area contributed by atoms with E-state index in [0.29, 0.717) is 21.9 Å². The van der Waals surface area contributed by atoms with Gasteiger partial charge in [-0.15, -0.1) is 0 Å². The van der Waals surface area contributed by atoms with Gasteiger partial charge < -0.3 is 9.15 Å². The lowest BCUT2D eigenvalue weighted by Crippen LogP contribution is -2.07. The molecule has 0 amide bonds. The zero-order valence-corrected chi connectivity index (χ0v) is 13.8. The van der Waals surface area contributed by atoms with Crippen molar-refractivity contribution in [2.75, 3.05) is 0 Å². The Kier molecular flexibility index (Phi) is 3.91. The molecule has 6 nitrogen and oxygen atoms in total. The molecule has 2 heterocycles. The van der Waals surface area contributed by atoms with Crippen LogP contribution < -0.4 is 10.4 Å². The number of fused-ring (bicyclic) bond motifs is 1. The van der Waals surface area contributed by atoms with E-state index in [1.807, 2.05) is 42.5 Å². The van der Waals surface area contributed by atoms with Gasteiger partial charge in [0.15, 0.2) is 10.6 Å². The van der Waals surface area contributed by atoms with Crippen LogP contribution in [-0.4, -0.2) is 14.8 Å². The molecular weight excluding hydrogens is 338 g/mol. The number of nitrogens with one attached hydrogen (secondary N) is 1. The molecule has 0 unspecified atom stereocenters. The minimum atomic E-state index is -0.462. The highest BCUT2D eigenvalue weighted by Crippen LogP contribution is 2.24. The molecule has 0 saturated heterocycles. The normalized spacial score (nSPS) is 10.9. The van der Waals surface area contributed by atoms with E-state index in [1.165, 1.54) is 6.07 Å². The van der Waals surface area contributed by atoms with E-state index in [2.05, 4.69) is 10.2 Å². The smallest absolute Gasteiger partial charge is 0.339 e. The molecule has 0 atom stereocenters. The average molecular weight is 351 g/mol. The fourth-order valence-corrected chi connectivity index (χ4v) is 2.87. The van der Waals surface area contributed by atoms with Crippen molar-refractivity contribution in [3.8, 4) is 11.4 Å². The standard InChI is InChI=1S/C18H13N3O3S/c22-17-10-15(13-8-4-5-9-14(13)24-17)23-11-16-19-20-18(25)21(16)12-6-2-1-3-7-12/h1-10H,11H2,(H,20,25). The summed E-state index contributed by atoms with van der Waals surface area (Å²) in [6.45, 7) is 0.148. The Morgan fingerprint density at radius 2 is 1.88 bits per heavy atom. The van der Waals surface area contributed by atoms with E-state index in [-0.39, 0.29) is 6.61 Å². The second-order valence-corrected chi connectivity index (χ2v) is 5.72. The molecule has 0 radical (unpaired) electrons. The summed E-state index contributed by atoms with van der Waals surface area (Å²) in [6.07, 6.45) is 0. The van der Waals surface area contributed by atoms with Crippen LogP contribution in [0.1, 0.15) is 5.82 Å². The monoisotopic (exact) mass is 351 g/mol. The van der Waals surface area contributed by atoms with Gasteiger partial charge in [-0.3, -0.25) is 9.67 Å². The third-order valence-corrected chi connectivity index (χ3v) is 4.00. The maximum atomic E-state index is 11.7. The molecular formula is C18H13N3O3S. The number of aromatic amines is 1. The van der Waals surface area contributed by atoms with Gasteiger partial charge in [0.05, 0.1) is 11.5 Å². The van der Waals surface area contributed by atoms with E-state index >= 15 is 0 Å². The molecule has 124 valence electrons. The summed E-state index contributed by atoms with van der Waals surface area (Å²) in [4.78, 5) is 11.7. The van der Waals surface area contributed by atoms with Crippen LogP contribution in [0.4, 0.5) is 0 Å². The SMILES string of the molecule is O=c1cc(OCc2n[nH]c(=S)n2-c2ccccc2)c2ccccc2o1. The largest absolute Gasteiger partial charge is 0.485 e. The van der Waals surface area contributed by atoms with Crippen LogP contribution >= 0.6 is 12.2 Å². The van der Waals surface area contributed by atoms with Gasteiger partial charge in [0.25, 0.3) is 0 Å². The van der Waals surface area contributed by atoms with Crippen molar-refractivity contribution in [3.05, 3.63) is 81.7 Å². The van der Waals surface area contributed by atoms with Crippen molar-refractivity contribution in [3.63, 3.8) is 0 Å². The molecule has 25 heavy (non-hydrogen) atoms. The van der Waals surface area contributed by atoms with E-state index in [1.54, 1.807) is 16.7 Å². The van der Waals surface area contributed by atoms with Gasteiger partial charge >= 0.3 is 5.63 Å². The number of benzene rings is 2. The third-order valence-electron chi connectivity index (χ3n) is 3.72. The molecule has 2 aromatic heterocycles. The summed E-state index contributed by atoms with van der Waals surface area (Å²) < 4.78 is 13.3. The number of rotatable bonds is 4. The predicted octanol–water partition coefficient (Wildman–Crippen LogP) is 3.62. The first-order valence-corrected chi connectivity index (χ1v) is 8.00. The topological polar surface area (TPSA) is 73.0 Å². The first kappa shape index (κ1) is 15.3. The molecule has 0 saturated carbocycles. The van der Waals surface area contributed by atoms with Crippen molar-refractivity contribution in [2.24, 2.45) is 0 Å². The predicted molar refractivity (Wildman–Crippen MR) is 95.6 cm³/mol. The van der Waals surface area contributed by atoms with Crippen LogP contribution in [0.3, 0.4) is 0 Å². The van der Waals surface area contributed by atoms with E-state index < -0.39 is 5.63 Å². The van der Waals surface area contributed by atoms with Crippen LogP contribution in [0, 0.1) is 4.77 Å². The number of para-hydroxylation sites is 2. The highest BCUT2D eigenvalue weighted by atomic mass is 32.1. The highest BCUT2D eigenvalue weighted by molar-refractivity contribution is 7.71. The molecule has 0 fully saturated rings. The van der Waals surface area contributed by atoms with Crippen molar-refractivity contribution in [2.45, 2.75) is 6.61 Å². The van der Waals surface area contributed by atoms with Crippen LogP contribution in [0.15, 0.2) is 69.9 Å². The fourth-order valence-electron chi connectivity index (χ4n) is 2.61. The Hall–Kier alpha value is -3.19. The van der Waals surface area contributed by atoms with Gasteiger partial charge in [-0.2, -0.15) is 5.10 Å². The Labute approximate surface area is 147 Å². The van der Waals surface area contributed by atoms with Crippen LogP contribution in [0.25, 0.3) is 16.7 Å². The lowest BCUT2D eigenvalue weighted by atomic mass is 10.2. The summed E-state index contributed by atoms with van der Waals surface area (Å²) in [6, 6.07) is 18.2. The summed E-state index contributed by atoms with van der Waals surface area (Å²) in [5, 5.41) is 7.73. The first-order chi connectivity index (χ1) is 12.2. The second-order valence-electron chi connectivity index (χ2n) is 5.33. The number of H-pyrrole nitrogens is 1. The van der Waals surface area contributed by atoms with E-state index in [0.717, 1.165) is 11.1 Å². The lowest BCUT2D eigenvalue weighted by Gasteiger charge is -2.09. The minimum Gasteiger partial charge on any atom is -0.485 e. The first-order valence-electron chi connectivity index (χ1n) is 7.60. The van der Waals surface area contributed by atoms with Crippen LogP contribution in [0.2, 0.25) is 0 Å². The quantitative estimate of drug-likeness (QED) is 0.449. The number of nitrogens with zero attached hydrogens (tertiary/aromatic N) is 2. The lowest BCUT2D eigenvalue weighted by molar-refractivity contribution is 0.294. The van der Waals surface area contributed by atoms with Crippen molar-refractivity contribution >= 4 is 23.2 Å². The molecule has 0 spiro atoms. The Morgan fingerprint density at radius 3 is 2.72 bits per heavy atom. The molecule has 0 aliphatic heterocycles. The van der Waals surface area contributed by atoms with E-state index in [9.17, 15) is 4.79 Å². The third kappa shape index (κ3) is 2.97. The molecule has 0 aliphatic rings. The maximum absolute atomic E-state index is 11.7. The molecule has 0 aliphatic carbocycles. The van der Waals surface area contributed by atoms with Crippen molar-refractivity contribution in [1.29, 1.82) is 0 Å². The summed E-state index contributed by atoms with van der Waals surface area (Å²) in [5.41, 5.74) is 0.903. The number of aromatic nitrogens is 3. The van der Waals surface area contributed by atoms with Crippen molar-refractivity contribution in [1.82, 2.24) is 14.8 Å². The summed E-state index contributed by atoms with van der Waals surface area (Å²) >= 11 is 5.31. The van der Waals surface area contributed by atoms with Gasteiger partial charge in [0, 0.05) is 5.69 Å². The Bertz CT molecular complexity index is 1150.